The minimum absolute atomic E-state index is 0.225. The number of allylic oxidation sites excluding steroid dienone is 2. The Kier molecular flexibility index (Phi) is 1.79. The summed E-state index contributed by atoms with van der Waals surface area (Å²) in [5, 5.41) is 10.1. The highest BCUT2D eigenvalue weighted by atomic mass is 32.2. The molecule has 48 valence electrons. The smallest absolute Gasteiger partial charge is 0.352 e. The van der Waals surface area contributed by atoms with Crippen molar-refractivity contribution in [3.63, 3.8) is 0 Å². The van der Waals surface area contributed by atoms with Gasteiger partial charge >= 0.3 is 5.97 Å². The molecule has 2 N–H and O–H groups in total. The summed E-state index contributed by atoms with van der Waals surface area (Å²) < 4.78 is 2.61. The minimum atomic E-state index is -0.924. The standard InChI is InChI=1S/C5H5NO2S/c7-5(8)4-2-1-3-9-6-4/h1-3,6H,(H,7,8). The molecule has 0 unspecified atom stereocenters. The van der Waals surface area contributed by atoms with E-state index in [1.54, 1.807) is 11.5 Å². The maximum absolute atomic E-state index is 10.2. The summed E-state index contributed by atoms with van der Waals surface area (Å²) in [6.07, 6.45) is 3.20. The molecule has 0 aromatic rings. The van der Waals surface area contributed by atoms with E-state index < -0.39 is 5.97 Å². The maximum atomic E-state index is 10.2. The first kappa shape index (κ1) is 6.22. The second-order valence-corrected chi connectivity index (χ2v) is 2.15. The average molecular weight is 143 g/mol. The molecule has 1 rings (SSSR count). The molecule has 1 aliphatic rings. The van der Waals surface area contributed by atoms with Crippen molar-refractivity contribution in [2.24, 2.45) is 0 Å². The molecule has 0 radical (unpaired) electrons. The summed E-state index contributed by atoms with van der Waals surface area (Å²) in [5.74, 6) is -0.924. The predicted molar refractivity (Wildman–Crippen MR) is 35.6 cm³/mol. The molecule has 0 spiro atoms. The van der Waals surface area contributed by atoms with E-state index in [2.05, 4.69) is 4.72 Å². The molecule has 3 nitrogen and oxygen atoms in total. The molecule has 0 bridgehead atoms. The SMILES string of the molecule is O=C(O)C1=CC=CSN1. The zero-order chi connectivity index (χ0) is 6.69. The highest BCUT2D eigenvalue weighted by Crippen LogP contribution is 2.07. The Morgan fingerprint density at radius 3 is 2.89 bits per heavy atom. The molecule has 1 heterocycles. The Balaban J connectivity index is 2.68. The van der Waals surface area contributed by atoms with Gasteiger partial charge in [0.2, 0.25) is 0 Å². The van der Waals surface area contributed by atoms with Crippen molar-refractivity contribution in [1.82, 2.24) is 4.72 Å². The summed E-state index contributed by atoms with van der Waals surface area (Å²) in [4.78, 5) is 10.2. The molecule has 0 aromatic carbocycles. The van der Waals surface area contributed by atoms with Crippen molar-refractivity contribution in [3.8, 4) is 0 Å². The van der Waals surface area contributed by atoms with E-state index in [1.807, 2.05) is 0 Å². The van der Waals surface area contributed by atoms with Crippen LogP contribution >= 0.6 is 11.9 Å². The van der Waals surface area contributed by atoms with E-state index >= 15 is 0 Å². The van der Waals surface area contributed by atoms with Gasteiger partial charge in [-0.1, -0.05) is 6.08 Å². The van der Waals surface area contributed by atoms with E-state index in [4.69, 9.17) is 5.11 Å². The fourth-order valence-corrected chi connectivity index (χ4v) is 0.929. The normalized spacial score (nSPS) is 16.2. The predicted octanol–water partition coefficient (Wildman–Crippen LogP) is 0.720. The molecule has 0 fully saturated rings. The van der Waals surface area contributed by atoms with Crippen molar-refractivity contribution < 1.29 is 9.90 Å². The average Bonchev–Trinajstić information content (AvgIpc) is 1.90. The summed E-state index contributed by atoms with van der Waals surface area (Å²) in [6.45, 7) is 0. The number of carboxylic acid groups (broad SMARTS) is 1. The van der Waals surface area contributed by atoms with E-state index in [0.29, 0.717) is 0 Å². The quantitative estimate of drug-likeness (QED) is 0.531. The summed E-state index contributed by atoms with van der Waals surface area (Å²) >= 11 is 1.25. The lowest BCUT2D eigenvalue weighted by Crippen LogP contribution is -2.13. The molecule has 0 aromatic heterocycles. The van der Waals surface area contributed by atoms with Crippen molar-refractivity contribution in [1.29, 1.82) is 0 Å². The molecular weight excluding hydrogens is 138 g/mol. The second-order valence-electron chi connectivity index (χ2n) is 1.43. The van der Waals surface area contributed by atoms with Gasteiger partial charge in [0.05, 0.1) is 0 Å². The number of carboxylic acids is 1. The van der Waals surface area contributed by atoms with Crippen molar-refractivity contribution in [3.05, 3.63) is 23.3 Å². The first-order chi connectivity index (χ1) is 4.30. The van der Waals surface area contributed by atoms with Crippen LogP contribution in [0.3, 0.4) is 0 Å². The van der Waals surface area contributed by atoms with Gasteiger partial charge in [-0.05, 0) is 23.4 Å². The Bertz CT molecular complexity index is 185. The third-order valence-electron chi connectivity index (χ3n) is 0.809. The number of hydrogen-bond acceptors (Lipinski definition) is 3. The zero-order valence-electron chi connectivity index (χ0n) is 4.50. The largest absolute Gasteiger partial charge is 0.477 e. The van der Waals surface area contributed by atoms with Gasteiger partial charge in [0, 0.05) is 0 Å². The van der Waals surface area contributed by atoms with Crippen LogP contribution in [0.1, 0.15) is 0 Å². The molecular formula is C5H5NO2S. The van der Waals surface area contributed by atoms with Crippen LogP contribution in [0.2, 0.25) is 0 Å². The lowest BCUT2D eigenvalue weighted by Gasteiger charge is -2.04. The molecule has 0 saturated heterocycles. The number of rotatable bonds is 1. The zero-order valence-corrected chi connectivity index (χ0v) is 5.31. The van der Waals surface area contributed by atoms with Gasteiger partial charge in [0.25, 0.3) is 0 Å². The Labute approximate surface area is 56.6 Å². The monoisotopic (exact) mass is 143 g/mol. The summed E-state index contributed by atoms with van der Waals surface area (Å²) in [5.41, 5.74) is 0.225. The van der Waals surface area contributed by atoms with Crippen molar-refractivity contribution >= 4 is 17.9 Å². The van der Waals surface area contributed by atoms with Crippen LogP contribution in [0.4, 0.5) is 0 Å². The molecule has 4 heteroatoms. The van der Waals surface area contributed by atoms with E-state index in [0.717, 1.165) is 0 Å². The van der Waals surface area contributed by atoms with Gasteiger partial charge in [0.15, 0.2) is 0 Å². The molecule has 0 atom stereocenters. The maximum Gasteiger partial charge on any atom is 0.352 e. The highest BCUT2D eigenvalue weighted by Gasteiger charge is 2.05. The fraction of sp³-hybridized carbons (Fsp3) is 0. The Morgan fingerprint density at radius 2 is 2.56 bits per heavy atom. The lowest BCUT2D eigenvalue weighted by atomic mass is 10.4. The third-order valence-corrected chi connectivity index (χ3v) is 1.44. The number of aliphatic carboxylic acids is 1. The van der Waals surface area contributed by atoms with Crippen LogP contribution in [0.25, 0.3) is 0 Å². The Morgan fingerprint density at radius 1 is 1.78 bits per heavy atom. The van der Waals surface area contributed by atoms with Crippen LogP contribution in [-0.2, 0) is 4.79 Å². The summed E-state index contributed by atoms with van der Waals surface area (Å²) in [7, 11) is 0. The molecule has 0 saturated carbocycles. The van der Waals surface area contributed by atoms with Gasteiger partial charge in [-0.3, -0.25) is 0 Å². The van der Waals surface area contributed by atoms with E-state index in [-0.39, 0.29) is 5.70 Å². The van der Waals surface area contributed by atoms with E-state index in [9.17, 15) is 4.79 Å². The van der Waals surface area contributed by atoms with Crippen LogP contribution in [-0.4, -0.2) is 11.1 Å². The first-order valence-electron chi connectivity index (χ1n) is 2.32. The highest BCUT2D eigenvalue weighted by molar-refractivity contribution is 8.00. The molecule has 0 amide bonds. The third kappa shape index (κ3) is 1.50. The second kappa shape index (κ2) is 2.59. The number of carbonyl (C=O) groups is 1. The summed E-state index contributed by atoms with van der Waals surface area (Å²) in [6, 6.07) is 0. The van der Waals surface area contributed by atoms with Gasteiger partial charge < -0.3 is 9.83 Å². The van der Waals surface area contributed by atoms with E-state index in [1.165, 1.54) is 18.0 Å². The molecule has 0 aliphatic carbocycles. The number of nitrogens with one attached hydrogen (secondary N) is 1. The molecule has 9 heavy (non-hydrogen) atoms. The van der Waals surface area contributed by atoms with Crippen LogP contribution in [0.15, 0.2) is 23.3 Å². The van der Waals surface area contributed by atoms with Gasteiger partial charge in [0.1, 0.15) is 5.70 Å². The molecule has 1 aliphatic heterocycles. The first-order valence-corrected chi connectivity index (χ1v) is 3.20. The lowest BCUT2D eigenvalue weighted by molar-refractivity contribution is -0.132. The van der Waals surface area contributed by atoms with Crippen molar-refractivity contribution in [2.45, 2.75) is 0 Å². The van der Waals surface area contributed by atoms with Crippen LogP contribution in [0.5, 0.6) is 0 Å². The van der Waals surface area contributed by atoms with Crippen LogP contribution in [0, 0.1) is 0 Å². The number of hydrogen-bond donors (Lipinski definition) is 2. The van der Waals surface area contributed by atoms with Gasteiger partial charge in [-0.25, -0.2) is 4.79 Å². The fourth-order valence-electron chi connectivity index (χ4n) is 0.421. The van der Waals surface area contributed by atoms with Gasteiger partial charge in [-0.2, -0.15) is 0 Å². The Hall–Kier alpha value is -0.900. The topological polar surface area (TPSA) is 49.3 Å². The van der Waals surface area contributed by atoms with Gasteiger partial charge in [-0.15, -0.1) is 0 Å². The van der Waals surface area contributed by atoms with Crippen molar-refractivity contribution in [2.75, 3.05) is 0 Å². The minimum Gasteiger partial charge on any atom is -0.477 e. The van der Waals surface area contributed by atoms with Crippen LogP contribution < -0.4 is 4.72 Å².